The largest absolute Gasteiger partial charge is 0.314 e. The maximum atomic E-state index is 5.39. The van der Waals surface area contributed by atoms with Crippen LogP contribution in [0.4, 0.5) is 0 Å². The van der Waals surface area contributed by atoms with Gasteiger partial charge in [-0.1, -0.05) is 39.5 Å². The smallest absolute Gasteiger partial charge is 0.00888 e. The van der Waals surface area contributed by atoms with Crippen LogP contribution in [0.5, 0.6) is 0 Å². The van der Waals surface area contributed by atoms with Crippen molar-refractivity contribution in [2.24, 2.45) is 11.8 Å². The van der Waals surface area contributed by atoms with Crippen LogP contribution < -0.4 is 5.32 Å². The maximum Gasteiger partial charge on any atom is 0.00888 e. The van der Waals surface area contributed by atoms with Crippen molar-refractivity contribution in [1.29, 1.82) is 0 Å². The Labute approximate surface area is 101 Å². The highest BCUT2D eigenvalue weighted by Crippen LogP contribution is 2.31. The van der Waals surface area contributed by atoms with Gasteiger partial charge in [0.25, 0.3) is 0 Å². The zero-order valence-electron chi connectivity index (χ0n) is 11.0. The molecule has 2 unspecified atom stereocenters. The minimum absolute atomic E-state index is 0.608. The van der Waals surface area contributed by atoms with Gasteiger partial charge in [0.1, 0.15) is 0 Å². The first-order valence-corrected chi connectivity index (χ1v) is 6.91. The number of rotatable bonds is 5. The lowest BCUT2D eigenvalue weighted by Gasteiger charge is -2.26. The average Bonchev–Trinajstić information content (AvgIpc) is 2.48. The van der Waals surface area contributed by atoms with Crippen LogP contribution in [-0.4, -0.2) is 12.6 Å². The summed E-state index contributed by atoms with van der Waals surface area (Å²) >= 11 is 0. The van der Waals surface area contributed by atoms with Gasteiger partial charge in [-0.2, -0.15) is 0 Å². The highest BCUT2D eigenvalue weighted by Gasteiger charge is 2.22. The van der Waals surface area contributed by atoms with E-state index < -0.39 is 0 Å². The topological polar surface area (TPSA) is 12.0 Å². The van der Waals surface area contributed by atoms with Gasteiger partial charge in [-0.05, 0) is 31.2 Å². The standard InChI is InChI=1S/C15H27N/c1-4-5-9-14-10-7-6-8-11-15(14)12-16-13(2)3/h1,13-16H,5-12H2,2-3H3. The molecule has 0 saturated heterocycles. The van der Waals surface area contributed by atoms with Crippen molar-refractivity contribution >= 4 is 0 Å². The van der Waals surface area contributed by atoms with Gasteiger partial charge >= 0.3 is 0 Å². The predicted molar refractivity (Wildman–Crippen MR) is 71.3 cm³/mol. The molecular weight excluding hydrogens is 194 g/mol. The molecule has 1 N–H and O–H groups in total. The van der Waals surface area contributed by atoms with Gasteiger partial charge in [-0.3, -0.25) is 0 Å². The molecular formula is C15H27N. The Morgan fingerprint density at radius 3 is 2.50 bits per heavy atom. The molecule has 1 aliphatic rings. The number of terminal acetylenes is 1. The van der Waals surface area contributed by atoms with Crippen LogP contribution >= 0.6 is 0 Å². The third-order valence-electron chi connectivity index (χ3n) is 3.76. The summed E-state index contributed by atoms with van der Waals surface area (Å²) in [5.41, 5.74) is 0. The Hall–Kier alpha value is -0.480. The molecule has 0 radical (unpaired) electrons. The van der Waals surface area contributed by atoms with E-state index in [0.717, 1.165) is 18.3 Å². The summed E-state index contributed by atoms with van der Waals surface area (Å²) in [5.74, 6) is 4.53. The fourth-order valence-electron chi connectivity index (χ4n) is 2.77. The normalized spacial score (nSPS) is 26.4. The molecule has 1 fully saturated rings. The molecule has 1 heteroatoms. The molecule has 0 aromatic rings. The SMILES string of the molecule is C#CCCC1CCCCCC1CNC(C)C. The Kier molecular flexibility index (Phi) is 6.57. The van der Waals surface area contributed by atoms with Crippen molar-refractivity contribution in [3.05, 3.63) is 0 Å². The van der Waals surface area contributed by atoms with E-state index in [-0.39, 0.29) is 0 Å². The van der Waals surface area contributed by atoms with Crippen LogP contribution in [0, 0.1) is 24.2 Å². The molecule has 16 heavy (non-hydrogen) atoms. The van der Waals surface area contributed by atoms with Gasteiger partial charge in [0.2, 0.25) is 0 Å². The zero-order valence-corrected chi connectivity index (χ0v) is 11.0. The lowest BCUT2D eigenvalue weighted by molar-refractivity contribution is 0.280. The van der Waals surface area contributed by atoms with E-state index >= 15 is 0 Å². The lowest BCUT2D eigenvalue weighted by atomic mass is 9.84. The molecule has 0 heterocycles. The molecule has 1 rings (SSSR count). The summed E-state index contributed by atoms with van der Waals surface area (Å²) in [5, 5.41) is 3.60. The predicted octanol–water partition coefficient (Wildman–Crippen LogP) is 3.59. The van der Waals surface area contributed by atoms with E-state index in [2.05, 4.69) is 25.1 Å². The molecule has 1 saturated carbocycles. The van der Waals surface area contributed by atoms with E-state index in [9.17, 15) is 0 Å². The Morgan fingerprint density at radius 2 is 1.88 bits per heavy atom. The van der Waals surface area contributed by atoms with Gasteiger partial charge < -0.3 is 5.32 Å². The fourth-order valence-corrected chi connectivity index (χ4v) is 2.77. The maximum absolute atomic E-state index is 5.39. The van der Waals surface area contributed by atoms with Crippen LogP contribution in [0.15, 0.2) is 0 Å². The number of hydrogen-bond donors (Lipinski definition) is 1. The second-order valence-corrected chi connectivity index (χ2v) is 5.46. The van der Waals surface area contributed by atoms with Crippen LogP contribution in [0.2, 0.25) is 0 Å². The van der Waals surface area contributed by atoms with E-state index in [1.165, 1.54) is 45.1 Å². The first-order valence-electron chi connectivity index (χ1n) is 6.91. The number of nitrogens with one attached hydrogen (secondary N) is 1. The van der Waals surface area contributed by atoms with Gasteiger partial charge in [-0.15, -0.1) is 12.3 Å². The van der Waals surface area contributed by atoms with Crippen LogP contribution in [0.25, 0.3) is 0 Å². The van der Waals surface area contributed by atoms with Crippen molar-refractivity contribution in [3.63, 3.8) is 0 Å². The van der Waals surface area contributed by atoms with Crippen molar-refractivity contribution < 1.29 is 0 Å². The first-order chi connectivity index (χ1) is 7.74. The monoisotopic (exact) mass is 221 g/mol. The summed E-state index contributed by atoms with van der Waals surface area (Å²) in [6.07, 6.45) is 14.6. The van der Waals surface area contributed by atoms with E-state index in [1.54, 1.807) is 0 Å². The molecule has 0 aromatic heterocycles. The van der Waals surface area contributed by atoms with Crippen LogP contribution in [0.1, 0.15) is 58.8 Å². The zero-order chi connectivity index (χ0) is 11.8. The molecule has 0 bridgehead atoms. The molecule has 0 spiro atoms. The summed E-state index contributed by atoms with van der Waals surface area (Å²) in [7, 11) is 0. The van der Waals surface area contributed by atoms with Gasteiger partial charge in [0, 0.05) is 12.5 Å². The summed E-state index contributed by atoms with van der Waals surface area (Å²) in [4.78, 5) is 0. The molecule has 1 nitrogen and oxygen atoms in total. The van der Waals surface area contributed by atoms with E-state index in [4.69, 9.17) is 6.42 Å². The molecule has 0 aromatic carbocycles. The second kappa shape index (κ2) is 7.74. The summed E-state index contributed by atoms with van der Waals surface area (Å²) in [6, 6.07) is 0.608. The lowest BCUT2D eigenvalue weighted by Crippen LogP contribution is -2.32. The summed E-state index contributed by atoms with van der Waals surface area (Å²) < 4.78 is 0. The first kappa shape index (κ1) is 13.6. The van der Waals surface area contributed by atoms with Gasteiger partial charge in [0.05, 0.1) is 0 Å². The minimum Gasteiger partial charge on any atom is -0.314 e. The third-order valence-corrected chi connectivity index (χ3v) is 3.76. The molecule has 0 aliphatic heterocycles. The minimum atomic E-state index is 0.608. The highest BCUT2D eigenvalue weighted by molar-refractivity contribution is 4.86. The van der Waals surface area contributed by atoms with E-state index in [0.29, 0.717) is 6.04 Å². The molecule has 1 aliphatic carbocycles. The van der Waals surface area contributed by atoms with Crippen molar-refractivity contribution in [2.45, 2.75) is 64.8 Å². The summed E-state index contributed by atoms with van der Waals surface area (Å²) in [6.45, 7) is 5.65. The molecule has 92 valence electrons. The van der Waals surface area contributed by atoms with Crippen LogP contribution in [0.3, 0.4) is 0 Å². The van der Waals surface area contributed by atoms with Gasteiger partial charge in [-0.25, -0.2) is 0 Å². The third kappa shape index (κ3) is 5.03. The molecule has 2 atom stereocenters. The Morgan fingerprint density at radius 1 is 1.19 bits per heavy atom. The fraction of sp³-hybridized carbons (Fsp3) is 0.867. The molecule has 0 amide bonds. The van der Waals surface area contributed by atoms with Gasteiger partial charge in [0.15, 0.2) is 0 Å². The quantitative estimate of drug-likeness (QED) is 0.552. The highest BCUT2D eigenvalue weighted by atomic mass is 14.9. The average molecular weight is 221 g/mol. The second-order valence-electron chi connectivity index (χ2n) is 5.46. The number of hydrogen-bond acceptors (Lipinski definition) is 1. The van der Waals surface area contributed by atoms with Crippen molar-refractivity contribution in [2.75, 3.05) is 6.54 Å². The Bertz CT molecular complexity index is 214. The van der Waals surface area contributed by atoms with Crippen molar-refractivity contribution in [3.8, 4) is 12.3 Å². The Balaban J connectivity index is 2.42. The van der Waals surface area contributed by atoms with Crippen LogP contribution in [-0.2, 0) is 0 Å². The van der Waals surface area contributed by atoms with Crippen molar-refractivity contribution in [1.82, 2.24) is 5.32 Å². The van der Waals surface area contributed by atoms with E-state index in [1.807, 2.05) is 0 Å².